The summed E-state index contributed by atoms with van der Waals surface area (Å²) in [7, 11) is 1.44. The van der Waals surface area contributed by atoms with E-state index in [2.05, 4.69) is 15.4 Å². The van der Waals surface area contributed by atoms with Crippen LogP contribution in [-0.4, -0.2) is 51.4 Å². The first kappa shape index (κ1) is 20.2. The van der Waals surface area contributed by atoms with E-state index in [-0.39, 0.29) is 24.4 Å². The Balaban J connectivity index is 2.20. The summed E-state index contributed by atoms with van der Waals surface area (Å²) in [5.41, 5.74) is -0.943. The molecule has 0 bridgehead atoms. The van der Waals surface area contributed by atoms with E-state index < -0.39 is 29.6 Å². The third kappa shape index (κ3) is 4.52. The number of halogens is 3. The van der Waals surface area contributed by atoms with Crippen LogP contribution in [0.15, 0.2) is 12.1 Å². The average molecular weight is 382 g/mol. The topological polar surface area (TPSA) is 103 Å². The highest BCUT2D eigenvalue weighted by atomic mass is 19.4. The van der Waals surface area contributed by atoms with Crippen LogP contribution in [0.3, 0.4) is 0 Å². The van der Waals surface area contributed by atoms with E-state index in [1.165, 1.54) is 24.9 Å². The monoisotopic (exact) mass is 382 g/mol. The van der Waals surface area contributed by atoms with Gasteiger partial charge in [-0.3, -0.25) is 9.59 Å². The van der Waals surface area contributed by atoms with Crippen LogP contribution >= 0.6 is 0 Å². The van der Waals surface area contributed by atoms with Gasteiger partial charge in [0, 0.05) is 31.9 Å². The van der Waals surface area contributed by atoms with Crippen LogP contribution in [0.25, 0.3) is 5.65 Å². The van der Waals surface area contributed by atoms with Crippen LogP contribution in [0.5, 0.6) is 0 Å². The molecule has 0 fully saturated rings. The van der Waals surface area contributed by atoms with E-state index in [1.54, 1.807) is 13.0 Å². The Morgan fingerprint density at radius 1 is 1.41 bits per heavy atom. The molecular weight excluding hydrogens is 365 g/mol. The van der Waals surface area contributed by atoms with Crippen molar-refractivity contribution in [2.75, 3.05) is 20.1 Å². The zero-order valence-electron chi connectivity index (χ0n) is 14.8. The number of likely N-dealkylation sites (N-methyl/N-ethyl adjacent to an activating group) is 1. The summed E-state index contributed by atoms with van der Waals surface area (Å²) in [4.78, 5) is 29.4. The zero-order valence-corrected chi connectivity index (χ0v) is 14.8. The maximum absolute atomic E-state index is 12.9. The van der Waals surface area contributed by atoms with Gasteiger partial charge in [0.05, 0.1) is 6.07 Å². The number of nitrogens with one attached hydrogen (secondary N) is 1. The Morgan fingerprint density at radius 2 is 2.07 bits per heavy atom. The first-order valence-electron chi connectivity index (χ1n) is 7.92. The SMILES string of the molecule is Cc1cc(C(=O)N(C)CCNC(=O)C(C)C#N)n2nc(C(F)(F)F)cc2n1. The quantitative estimate of drug-likeness (QED) is 0.842. The summed E-state index contributed by atoms with van der Waals surface area (Å²) in [5, 5.41) is 14.6. The molecule has 8 nitrogen and oxygen atoms in total. The van der Waals surface area contributed by atoms with Gasteiger partial charge >= 0.3 is 6.18 Å². The van der Waals surface area contributed by atoms with Gasteiger partial charge in [0.25, 0.3) is 5.91 Å². The van der Waals surface area contributed by atoms with E-state index >= 15 is 0 Å². The molecule has 0 radical (unpaired) electrons. The third-order valence-corrected chi connectivity index (χ3v) is 3.74. The number of rotatable bonds is 5. The molecule has 0 aliphatic heterocycles. The van der Waals surface area contributed by atoms with E-state index in [1.807, 2.05) is 0 Å². The van der Waals surface area contributed by atoms with Crippen LogP contribution in [0, 0.1) is 24.2 Å². The van der Waals surface area contributed by atoms with E-state index in [9.17, 15) is 22.8 Å². The van der Waals surface area contributed by atoms with Crippen molar-refractivity contribution >= 4 is 17.5 Å². The van der Waals surface area contributed by atoms with E-state index in [0.717, 1.165) is 10.6 Å². The summed E-state index contributed by atoms with van der Waals surface area (Å²) in [6.45, 7) is 3.18. The predicted octanol–water partition coefficient (Wildman–Crippen LogP) is 1.40. The normalized spacial score (nSPS) is 12.5. The molecule has 0 aliphatic rings. The predicted molar refractivity (Wildman–Crippen MR) is 87.5 cm³/mol. The number of hydrogen-bond acceptors (Lipinski definition) is 5. The van der Waals surface area contributed by atoms with Crippen LogP contribution in [0.2, 0.25) is 0 Å². The molecule has 1 N–H and O–H groups in total. The van der Waals surface area contributed by atoms with Crippen molar-refractivity contribution in [1.29, 1.82) is 5.26 Å². The minimum absolute atomic E-state index is 0.0766. The lowest BCUT2D eigenvalue weighted by atomic mass is 10.2. The van der Waals surface area contributed by atoms with Crippen LogP contribution in [0.1, 0.15) is 28.8 Å². The molecule has 0 saturated heterocycles. The number of fused-ring (bicyclic) bond motifs is 1. The van der Waals surface area contributed by atoms with Crippen LogP contribution < -0.4 is 5.32 Å². The number of carbonyl (C=O) groups excluding carboxylic acids is 2. The first-order valence-corrected chi connectivity index (χ1v) is 7.92. The van der Waals surface area contributed by atoms with Crippen molar-refractivity contribution < 1.29 is 22.8 Å². The van der Waals surface area contributed by atoms with Gasteiger partial charge in [-0.25, -0.2) is 9.50 Å². The van der Waals surface area contributed by atoms with Crippen molar-refractivity contribution in [3.8, 4) is 6.07 Å². The Bertz CT molecular complexity index is 915. The molecule has 27 heavy (non-hydrogen) atoms. The second-order valence-electron chi connectivity index (χ2n) is 5.95. The fourth-order valence-corrected chi connectivity index (χ4v) is 2.25. The standard InChI is InChI=1S/C16H17F3N6O2/c1-9(8-20)14(26)21-4-5-24(3)15(27)11-6-10(2)22-13-7-12(16(17,18)19)23-25(11)13/h6-7,9H,4-5H2,1-3H3,(H,21,26). The number of carbonyl (C=O) groups is 2. The number of nitrogens with zero attached hydrogens (tertiary/aromatic N) is 5. The molecule has 2 aromatic rings. The Labute approximate surface area is 152 Å². The maximum atomic E-state index is 12.9. The number of aryl methyl sites for hydroxylation is 1. The van der Waals surface area contributed by atoms with Gasteiger partial charge in [0.2, 0.25) is 5.91 Å². The number of alkyl halides is 3. The highest BCUT2D eigenvalue weighted by Gasteiger charge is 2.35. The van der Waals surface area contributed by atoms with Gasteiger partial charge in [-0.05, 0) is 19.9 Å². The molecule has 2 aromatic heterocycles. The number of aromatic nitrogens is 3. The number of hydrogen-bond donors (Lipinski definition) is 1. The van der Waals surface area contributed by atoms with E-state index in [4.69, 9.17) is 5.26 Å². The smallest absolute Gasteiger partial charge is 0.353 e. The molecular formula is C16H17F3N6O2. The van der Waals surface area contributed by atoms with Gasteiger partial charge in [0.15, 0.2) is 11.3 Å². The molecule has 2 heterocycles. The Morgan fingerprint density at radius 3 is 2.67 bits per heavy atom. The lowest BCUT2D eigenvalue weighted by Crippen LogP contribution is -2.38. The van der Waals surface area contributed by atoms with Gasteiger partial charge in [0.1, 0.15) is 11.6 Å². The Hall–Kier alpha value is -3.16. The van der Waals surface area contributed by atoms with Gasteiger partial charge in [-0.2, -0.15) is 23.5 Å². The molecule has 2 amide bonds. The molecule has 1 atom stereocenters. The molecule has 1 unspecified atom stereocenters. The van der Waals surface area contributed by atoms with Crippen LogP contribution in [-0.2, 0) is 11.0 Å². The van der Waals surface area contributed by atoms with Gasteiger partial charge in [-0.15, -0.1) is 0 Å². The Kier molecular flexibility index (Phi) is 5.68. The molecule has 144 valence electrons. The molecule has 0 saturated carbocycles. The molecule has 0 aromatic carbocycles. The lowest BCUT2D eigenvalue weighted by molar-refractivity contribution is -0.141. The van der Waals surface area contributed by atoms with Crippen molar-refractivity contribution in [1.82, 2.24) is 24.8 Å². The van der Waals surface area contributed by atoms with Crippen molar-refractivity contribution in [3.05, 3.63) is 29.2 Å². The van der Waals surface area contributed by atoms with Crippen LogP contribution in [0.4, 0.5) is 13.2 Å². The van der Waals surface area contributed by atoms with Crippen molar-refractivity contribution in [3.63, 3.8) is 0 Å². The summed E-state index contributed by atoms with van der Waals surface area (Å²) < 4.78 is 39.5. The van der Waals surface area contributed by atoms with Crippen molar-refractivity contribution in [2.45, 2.75) is 20.0 Å². The van der Waals surface area contributed by atoms with Gasteiger partial charge in [-0.1, -0.05) is 0 Å². The van der Waals surface area contributed by atoms with E-state index in [0.29, 0.717) is 5.69 Å². The fraction of sp³-hybridized carbons (Fsp3) is 0.438. The summed E-state index contributed by atoms with van der Waals surface area (Å²) in [6, 6.07) is 3.90. The summed E-state index contributed by atoms with van der Waals surface area (Å²) >= 11 is 0. The minimum Gasteiger partial charge on any atom is -0.353 e. The fourth-order valence-electron chi connectivity index (χ4n) is 2.25. The molecule has 0 aliphatic carbocycles. The second kappa shape index (κ2) is 7.61. The van der Waals surface area contributed by atoms with Gasteiger partial charge < -0.3 is 10.2 Å². The minimum atomic E-state index is -4.66. The lowest BCUT2D eigenvalue weighted by Gasteiger charge is -2.18. The largest absolute Gasteiger partial charge is 0.435 e. The number of nitriles is 1. The summed E-state index contributed by atoms with van der Waals surface area (Å²) in [5.74, 6) is -1.87. The highest BCUT2D eigenvalue weighted by molar-refractivity contribution is 5.93. The second-order valence-corrected chi connectivity index (χ2v) is 5.95. The summed E-state index contributed by atoms with van der Waals surface area (Å²) in [6.07, 6.45) is -4.66. The average Bonchev–Trinajstić information content (AvgIpc) is 3.03. The third-order valence-electron chi connectivity index (χ3n) is 3.74. The number of amides is 2. The van der Waals surface area contributed by atoms with Crippen molar-refractivity contribution in [2.24, 2.45) is 5.92 Å². The maximum Gasteiger partial charge on any atom is 0.435 e. The highest BCUT2D eigenvalue weighted by Crippen LogP contribution is 2.28. The molecule has 11 heteroatoms. The zero-order chi connectivity index (χ0) is 20.4. The molecule has 2 rings (SSSR count). The molecule has 0 spiro atoms. The first-order chi connectivity index (χ1) is 12.5.